The second-order valence-electron chi connectivity index (χ2n) is 5.74. The molecule has 1 aromatic carbocycles. The number of hydrogen-bond donors (Lipinski definition) is 2. The van der Waals surface area contributed by atoms with Crippen LogP contribution in [0.25, 0.3) is 10.2 Å². The van der Waals surface area contributed by atoms with E-state index in [1.54, 1.807) is 13.0 Å². The molecule has 0 fully saturated rings. The number of thiazole rings is 1. The first kappa shape index (κ1) is 14.9. The molecule has 0 saturated carbocycles. The standard InChI is InChI=1S/C15H13FN6OS/c1-8-6-10-11(7-9(8)16)24-14(17-10)18-13(23)15(4-2-3-5-15)12-19-21-22-20-12/h2-3,6-7H,4-5H2,1H3,(H,17,18,23)(H,19,20,21,22). The van der Waals surface area contributed by atoms with Crippen LogP contribution >= 0.6 is 11.3 Å². The van der Waals surface area contributed by atoms with E-state index in [-0.39, 0.29) is 11.7 Å². The number of aromatic nitrogens is 5. The highest BCUT2D eigenvalue weighted by Crippen LogP contribution is 2.37. The van der Waals surface area contributed by atoms with Gasteiger partial charge in [-0.1, -0.05) is 28.7 Å². The number of carbonyl (C=O) groups is 1. The number of nitrogens with one attached hydrogen (secondary N) is 2. The van der Waals surface area contributed by atoms with Gasteiger partial charge in [-0.25, -0.2) is 9.37 Å². The zero-order chi connectivity index (χ0) is 16.7. The van der Waals surface area contributed by atoms with Gasteiger partial charge in [0, 0.05) is 0 Å². The lowest BCUT2D eigenvalue weighted by atomic mass is 9.83. The topological polar surface area (TPSA) is 96.5 Å². The maximum Gasteiger partial charge on any atom is 0.240 e. The lowest BCUT2D eigenvalue weighted by Crippen LogP contribution is -2.39. The number of hydrogen-bond acceptors (Lipinski definition) is 6. The van der Waals surface area contributed by atoms with Crippen LogP contribution in [0.2, 0.25) is 0 Å². The lowest BCUT2D eigenvalue weighted by Gasteiger charge is -2.22. The average Bonchev–Trinajstić information content (AvgIpc) is 3.27. The fourth-order valence-electron chi connectivity index (χ4n) is 2.81. The number of halogens is 1. The molecule has 24 heavy (non-hydrogen) atoms. The van der Waals surface area contributed by atoms with Crippen molar-refractivity contribution in [1.82, 2.24) is 25.6 Å². The quantitative estimate of drug-likeness (QED) is 0.712. The van der Waals surface area contributed by atoms with E-state index in [9.17, 15) is 9.18 Å². The maximum atomic E-state index is 13.7. The lowest BCUT2D eigenvalue weighted by molar-refractivity contribution is -0.121. The van der Waals surface area contributed by atoms with Crippen LogP contribution in [0.3, 0.4) is 0 Å². The molecule has 3 aromatic rings. The van der Waals surface area contributed by atoms with Crippen molar-refractivity contribution in [3.8, 4) is 0 Å². The molecule has 0 saturated heterocycles. The number of aryl methyl sites for hydroxylation is 1. The Morgan fingerprint density at radius 2 is 2.17 bits per heavy atom. The first-order chi connectivity index (χ1) is 11.6. The molecule has 0 bridgehead atoms. The first-order valence-corrected chi connectivity index (χ1v) is 8.17. The summed E-state index contributed by atoms with van der Waals surface area (Å²) in [5, 5.41) is 17.2. The third-order valence-electron chi connectivity index (χ3n) is 4.20. The Hall–Kier alpha value is -2.68. The number of benzene rings is 1. The molecule has 0 unspecified atom stereocenters. The van der Waals surface area contributed by atoms with Gasteiger partial charge in [-0.15, -0.1) is 10.2 Å². The van der Waals surface area contributed by atoms with Crippen molar-refractivity contribution in [3.63, 3.8) is 0 Å². The summed E-state index contributed by atoms with van der Waals surface area (Å²) in [4.78, 5) is 17.2. The van der Waals surface area contributed by atoms with Crippen LogP contribution in [0.1, 0.15) is 24.2 Å². The Morgan fingerprint density at radius 3 is 2.88 bits per heavy atom. The largest absolute Gasteiger partial charge is 0.301 e. The zero-order valence-corrected chi connectivity index (χ0v) is 13.5. The molecule has 4 rings (SSSR count). The molecule has 2 heterocycles. The highest BCUT2D eigenvalue weighted by molar-refractivity contribution is 7.22. The molecule has 1 amide bonds. The zero-order valence-electron chi connectivity index (χ0n) is 12.7. The fraction of sp³-hybridized carbons (Fsp3) is 0.267. The van der Waals surface area contributed by atoms with Gasteiger partial charge in [0.1, 0.15) is 11.2 Å². The Kier molecular flexibility index (Phi) is 3.38. The summed E-state index contributed by atoms with van der Waals surface area (Å²) < 4.78 is 14.4. The van der Waals surface area contributed by atoms with Crippen molar-refractivity contribution in [1.29, 1.82) is 0 Å². The predicted molar refractivity (Wildman–Crippen MR) is 87.2 cm³/mol. The molecule has 0 radical (unpaired) electrons. The second kappa shape index (κ2) is 5.45. The predicted octanol–water partition coefficient (Wildman–Crippen LogP) is 2.48. The summed E-state index contributed by atoms with van der Waals surface area (Å²) in [6.45, 7) is 1.68. The normalized spacial score (nSPS) is 15.9. The van der Waals surface area contributed by atoms with Crippen LogP contribution in [-0.4, -0.2) is 31.5 Å². The van der Waals surface area contributed by atoms with E-state index in [2.05, 4.69) is 30.9 Å². The minimum Gasteiger partial charge on any atom is -0.301 e. The van der Waals surface area contributed by atoms with Gasteiger partial charge in [0.05, 0.1) is 10.2 Å². The highest BCUT2D eigenvalue weighted by Gasteiger charge is 2.44. The second-order valence-corrected chi connectivity index (χ2v) is 6.77. The number of nitrogens with zero attached hydrogens (tertiary/aromatic N) is 4. The van der Waals surface area contributed by atoms with Crippen LogP contribution in [0.15, 0.2) is 24.3 Å². The number of aromatic amines is 1. The van der Waals surface area contributed by atoms with Crippen LogP contribution in [-0.2, 0) is 10.2 Å². The van der Waals surface area contributed by atoms with Crippen molar-refractivity contribution in [2.45, 2.75) is 25.2 Å². The average molecular weight is 344 g/mol. The summed E-state index contributed by atoms with van der Waals surface area (Å²) >= 11 is 1.24. The van der Waals surface area contributed by atoms with Gasteiger partial charge >= 0.3 is 0 Å². The summed E-state index contributed by atoms with van der Waals surface area (Å²) in [6.07, 6.45) is 4.84. The molecule has 1 aliphatic carbocycles. The van der Waals surface area contributed by atoms with Crippen LogP contribution in [0.5, 0.6) is 0 Å². The van der Waals surface area contributed by atoms with Gasteiger partial charge < -0.3 is 5.32 Å². The molecule has 122 valence electrons. The van der Waals surface area contributed by atoms with Gasteiger partial charge in [-0.05, 0) is 37.5 Å². The third-order valence-corrected chi connectivity index (χ3v) is 5.13. The van der Waals surface area contributed by atoms with Crippen molar-refractivity contribution in [3.05, 3.63) is 41.5 Å². The summed E-state index contributed by atoms with van der Waals surface area (Å²) in [5.41, 5.74) is 0.299. The molecule has 2 aromatic heterocycles. The summed E-state index contributed by atoms with van der Waals surface area (Å²) in [5.74, 6) is -0.176. The van der Waals surface area contributed by atoms with Crippen LogP contribution in [0.4, 0.5) is 9.52 Å². The van der Waals surface area contributed by atoms with E-state index >= 15 is 0 Å². The van der Waals surface area contributed by atoms with Crippen molar-refractivity contribution >= 4 is 32.6 Å². The SMILES string of the molecule is Cc1cc2nc(NC(=O)C3(c4nn[nH]n4)CC=CC3)sc2cc1F. The van der Waals surface area contributed by atoms with Crippen LogP contribution in [0, 0.1) is 12.7 Å². The molecule has 1 aliphatic rings. The molecule has 0 atom stereocenters. The summed E-state index contributed by atoms with van der Waals surface area (Å²) in [7, 11) is 0. The van der Waals surface area contributed by atoms with Gasteiger partial charge in [-0.3, -0.25) is 4.79 Å². The molecule has 0 aliphatic heterocycles. The van der Waals surface area contributed by atoms with Crippen molar-refractivity contribution in [2.24, 2.45) is 0 Å². The summed E-state index contributed by atoms with van der Waals surface area (Å²) in [6, 6.07) is 3.10. The van der Waals surface area contributed by atoms with E-state index < -0.39 is 5.41 Å². The molecular weight excluding hydrogens is 331 g/mol. The Labute approximate surface area is 140 Å². The number of H-pyrrole nitrogens is 1. The molecule has 7 nitrogen and oxygen atoms in total. The number of amides is 1. The number of anilines is 1. The smallest absolute Gasteiger partial charge is 0.240 e. The van der Waals surface area contributed by atoms with E-state index in [1.165, 1.54) is 17.4 Å². The minimum absolute atomic E-state index is 0.245. The fourth-order valence-corrected chi connectivity index (χ4v) is 3.68. The highest BCUT2D eigenvalue weighted by atomic mass is 32.1. The number of allylic oxidation sites excluding steroid dienone is 2. The number of tetrazole rings is 1. The van der Waals surface area contributed by atoms with E-state index in [0.29, 0.717) is 39.6 Å². The number of fused-ring (bicyclic) bond motifs is 1. The van der Waals surface area contributed by atoms with Gasteiger partial charge in [-0.2, -0.15) is 5.21 Å². The van der Waals surface area contributed by atoms with E-state index in [0.717, 1.165) is 0 Å². The Balaban J connectivity index is 1.66. The van der Waals surface area contributed by atoms with Crippen molar-refractivity contribution in [2.75, 3.05) is 5.32 Å². The molecule has 2 N–H and O–H groups in total. The molecule has 9 heteroatoms. The van der Waals surface area contributed by atoms with Crippen LogP contribution < -0.4 is 5.32 Å². The van der Waals surface area contributed by atoms with Gasteiger partial charge in [0.2, 0.25) is 5.91 Å². The van der Waals surface area contributed by atoms with Gasteiger partial charge in [0.15, 0.2) is 11.0 Å². The van der Waals surface area contributed by atoms with Crippen molar-refractivity contribution < 1.29 is 9.18 Å². The maximum absolute atomic E-state index is 13.7. The van der Waals surface area contributed by atoms with E-state index in [4.69, 9.17) is 0 Å². The molecular formula is C15H13FN6OS. The third kappa shape index (κ3) is 2.28. The number of rotatable bonds is 3. The Morgan fingerprint density at radius 1 is 1.38 bits per heavy atom. The number of carbonyl (C=O) groups excluding carboxylic acids is 1. The first-order valence-electron chi connectivity index (χ1n) is 7.35. The van der Waals surface area contributed by atoms with E-state index in [1.807, 2.05) is 12.2 Å². The Bertz CT molecular complexity index is 901. The van der Waals surface area contributed by atoms with Gasteiger partial charge in [0.25, 0.3) is 0 Å². The molecule has 0 spiro atoms. The monoisotopic (exact) mass is 344 g/mol. The minimum atomic E-state index is -0.883.